The van der Waals surface area contributed by atoms with Crippen molar-refractivity contribution in [3.05, 3.63) is 82.9 Å². The molecule has 0 aromatic heterocycles. The van der Waals surface area contributed by atoms with Crippen molar-refractivity contribution < 1.29 is 9.00 Å². The number of rotatable bonds is 7. The number of halogens is 1. The number of carbonyl (C=O) groups excluding carboxylic acids is 1. The molecular weight excluding hydrogens is 456 g/mol. The van der Waals surface area contributed by atoms with E-state index in [0.717, 1.165) is 18.5 Å². The second-order valence-electron chi connectivity index (χ2n) is 8.06. The molecule has 0 fully saturated rings. The van der Waals surface area contributed by atoms with Crippen LogP contribution in [0.25, 0.3) is 0 Å². The second-order valence-corrected chi connectivity index (χ2v) is 10.4. The Hall–Kier alpha value is -2.87. The van der Waals surface area contributed by atoms with Gasteiger partial charge in [0.1, 0.15) is 9.92 Å². The summed E-state index contributed by atoms with van der Waals surface area (Å²) in [6, 6.07) is 21.0. The zero-order chi connectivity index (χ0) is 23.4. The van der Waals surface area contributed by atoms with Crippen LogP contribution >= 0.6 is 11.6 Å². The van der Waals surface area contributed by atoms with Crippen molar-refractivity contribution in [3.63, 3.8) is 0 Å². The van der Waals surface area contributed by atoms with Gasteiger partial charge < -0.3 is 10.2 Å². The summed E-state index contributed by atoms with van der Waals surface area (Å²) >= 11 is 6.33. The van der Waals surface area contributed by atoms with Crippen molar-refractivity contribution in [2.75, 3.05) is 23.3 Å². The second kappa shape index (κ2) is 9.95. The van der Waals surface area contributed by atoms with Gasteiger partial charge >= 0.3 is 0 Å². The molecule has 0 saturated heterocycles. The molecule has 3 N–H and O–H groups in total. The Morgan fingerprint density at radius 2 is 1.73 bits per heavy atom. The number of nitrogens with one attached hydrogen (secondary N) is 3. The smallest absolute Gasteiger partial charge is 0.221 e. The molecule has 33 heavy (non-hydrogen) atoms. The molecule has 0 bridgehead atoms. The summed E-state index contributed by atoms with van der Waals surface area (Å²) in [6.07, 6.45) is 2.61. The van der Waals surface area contributed by atoms with Gasteiger partial charge in [-0.2, -0.15) is 0 Å². The number of amides is 1. The van der Waals surface area contributed by atoms with E-state index < -0.39 is 9.92 Å². The van der Waals surface area contributed by atoms with E-state index >= 15 is 0 Å². The van der Waals surface area contributed by atoms with E-state index in [1.54, 1.807) is 24.3 Å². The highest BCUT2D eigenvalue weighted by atomic mass is 35.5. The number of anilines is 3. The van der Waals surface area contributed by atoms with Crippen LogP contribution in [0.4, 0.5) is 17.1 Å². The summed E-state index contributed by atoms with van der Waals surface area (Å²) < 4.78 is 24.1. The molecule has 1 unspecified atom stereocenters. The summed E-state index contributed by atoms with van der Waals surface area (Å²) in [5.41, 5.74) is 5.43. The van der Waals surface area contributed by atoms with E-state index in [1.165, 1.54) is 23.7 Å². The van der Waals surface area contributed by atoms with Gasteiger partial charge in [0.05, 0.1) is 4.90 Å². The van der Waals surface area contributed by atoms with Crippen molar-refractivity contribution in [1.82, 2.24) is 4.72 Å². The predicted molar refractivity (Wildman–Crippen MR) is 135 cm³/mol. The number of benzene rings is 3. The molecule has 0 radical (unpaired) electrons. The average molecular weight is 483 g/mol. The van der Waals surface area contributed by atoms with Gasteiger partial charge in [0.2, 0.25) is 5.91 Å². The van der Waals surface area contributed by atoms with E-state index in [9.17, 15) is 9.00 Å². The van der Waals surface area contributed by atoms with E-state index in [4.69, 9.17) is 16.4 Å². The maximum atomic E-state index is 12.9. The lowest BCUT2D eigenvalue weighted by molar-refractivity contribution is -0.114. The molecule has 4 rings (SSSR count). The standard InChI is InChI=1S/C25H27ClN4O2S/c1-18(31)29-22-11-13-23(14-12-22)33(27,32)28-15-4-16-30-24-6-3-2-5-19(24)7-8-20-9-10-21(26)17-25(20)30/h2-3,5-6,9-14,17H,4,7-8,15-16H2,1H3,(H,29,31)(H2,27,28,32). The van der Waals surface area contributed by atoms with Gasteiger partial charge in [-0.3, -0.25) is 4.79 Å². The van der Waals surface area contributed by atoms with Gasteiger partial charge in [-0.25, -0.2) is 13.7 Å². The van der Waals surface area contributed by atoms with Gasteiger partial charge in [0.25, 0.3) is 0 Å². The summed E-state index contributed by atoms with van der Waals surface area (Å²) in [6.45, 7) is 2.55. The van der Waals surface area contributed by atoms with Crippen molar-refractivity contribution in [1.29, 1.82) is 4.78 Å². The molecule has 0 aliphatic carbocycles. The van der Waals surface area contributed by atoms with E-state index in [0.29, 0.717) is 35.1 Å². The monoisotopic (exact) mass is 482 g/mol. The highest BCUT2D eigenvalue weighted by Gasteiger charge is 2.20. The number of para-hydroxylation sites is 1. The van der Waals surface area contributed by atoms with Crippen molar-refractivity contribution >= 4 is 44.5 Å². The van der Waals surface area contributed by atoms with Crippen LogP contribution in [-0.2, 0) is 27.6 Å². The third-order valence-corrected chi connectivity index (χ3v) is 7.44. The van der Waals surface area contributed by atoms with E-state index in [1.807, 2.05) is 18.2 Å². The van der Waals surface area contributed by atoms with Crippen LogP contribution in [0.2, 0.25) is 5.02 Å². The fraction of sp³-hybridized carbons (Fsp3) is 0.240. The molecule has 1 heterocycles. The molecule has 172 valence electrons. The van der Waals surface area contributed by atoms with Crippen LogP contribution in [0.5, 0.6) is 0 Å². The molecule has 0 spiro atoms. The van der Waals surface area contributed by atoms with Crippen LogP contribution in [0.1, 0.15) is 24.5 Å². The Labute approximate surface area is 200 Å². The Bertz CT molecular complexity index is 1260. The molecule has 3 aromatic carbocycles. The van der Waals surface area contributed by atoms with Crippen LogP contribution in [0.3, 0.4) is 0 Å². The zero-order valence-corrected chi connectivity index (χ0v) is 20.0. The number of carbonyl (C=O) groups is 1. The summed E-state index contributed by atoms with van der Waals surface area (Å²) in [7, 11) is -3.15. The molecule has 1 aliphatic rings. The molecular formula is C25H27ClN4O2S. The Morgan fingerprint density at radius 1 is 1.03 bits per heavy atom. The van der Waals surface area contributed by atoms with E-state index in [-0.39, 0.29) is 5.91 Å². The van der Waals surface area contributed by atoms with Crippen molar-refractivity contribution in [3.8, 4) is 0 Å². The lowest BCUT2D eigenvalue weighted by atomic mass is 10.0. The fourth-order valence-corrected chi connectivity index (χ4v) is 5.38. The average Bonchev–Trinajstić information content (AvgIpc) is 2.93. The number of fused-ring (bicyclic) bond motifs is 2. The fourth-order valence-electron chi connectivity index (χ4n) is 4.09. The Morgan fingerprint density at radius 3 is 2.45 bits per heavy atom. The van der Waals surface area contributed by atoms with Gasteiger partial charge in [-0.1, -0.05) is 35.9 Å². The number of aryl methyl sites for hydroxylation is 2. The summed E-state index contributed by atoms with van der Waals surface area (Å²) in [5.74, 6) is -0.176. The quantitative estimate of drug-likeness (QED) is 0.387. The van der Waals surface area contributed by atoms with Gasteiger partial charge in [0.15, 0.2) is 0 Å². The molecule has 0 saturated carbocycles. The van der Waals surface area contributed by atoms with Crippen LogP contribution in [-0.4, -0.2) is 23.2 Å². The van der Waals surface area contributed by atoms with Crippen LogP contribution in [0, 0.1) is 4.78 Å². The first kappa shape index (κ1) is 23.3. The van der Waals surface area contributed by atoms with Gasteiger partial charge in [0, 0.05) is 42.1 Å². The highest BCUT2D eigenvalue weighted by Crippen LogP contribution is 2.37. The normalized spacial score (nSPS) is 14.5. The van der Waals surface area contributed by atoms with Crippen molar-refractivity contribution in [2.45, 2.75) is 31.1 Å². The topological polar surface area (TPSA) is 85.3 Å². The summed E-state index contributed by atoms with van der Waals surface area (Å²) in [4.78, 5) is 13.8. The predicted octanol–water partition coefficient (Wildman–Crippen LogP) is 5.54. The molecule has 3 aromatic rings. The first-order chi connectivity index (χ1) is 15.8. The number of hydrogen-bond donors (Lipinski definition) is 3. The SMILES string of the molecule is CC(=O)Nc1ccc(S(=N)(=O)NCCCN2c3ccccc3CCc3ccc(Cl)cc32)cc1. The zero-order valence-electron chi connectivity index (χ0n) is 18.4. The van der Waals surface area contributed by atoms with Crippen LogP contribution < -0.4 is 14.9 Å². The lowest BCUT2D eigenvalue weighted by Gasteiger charge is -2.27. The minimum Gasteiger partial charge on any atom is -0.341 e. The lowest BCUT2D eigenvalue weighted by Crippen LogP contribution is -2.27. The third-order valence-electron chi connectivity index (χ3n) is 5.65. The molecule has 1 aliphatic heterocycles. The Balaban J connectivity index is 1.45. The van der Waals surface area contributed by atoms with E-state index in [2.05, 4.69) is 39.2 Å². The maximum absolute atomic E-state index is 12.9. The van der Waals surface area contributed by atoms with Crippen molar-refractivity contribution in [2.24, 2.45) is 0 Å². The third kappa shape index (κ3) is 5.55. The Kier molecular flexibility index (Phi) is 7.02. The maximum Gasteiger partial charge on any atom is 0.221 e. The minimum absolute atomic E-state index is 0.176. The first-order valence-corrected chi connectivity index (χ1v) is 12.8. The molecule has 6 nitrogen and oxygen atoms in total. The first-order valence-electron chi connectivity index (χ1n) is 10.9. The number of nitrogens with zero attached hydrogens (tertiary/aromatic N) is 1. The molecule has 8 heteroatoms. The summed E-state index contributed by atoms with van der Waals surface area (Å²) in [5, 5.41) is 3.37. The number of hydrogen-bond acceptors (Lipinski definition) is 4. The highest BCUT2D eigenvalue weighted by molar-refractivity contribution is 7.90. The van der Waals surface area contributed by atoms with Crippen LogP contribution in [0.15, 0.2) is 71.6 Å². The molecule has 1 amide bonds. The largest absolute Gasteiger partial charge is 0.341 e. The molecule has 1 atom stereocenters. The van der Waals surface area contributed by atoms with Gasteiger partial charge in [-0.15, -0.1) is 0 Å². The minimum atomic E-state index is -3.15. The van der Waals surface area contributed by atoms with Gasteiger partial charge in [-0.05, 0) is 72.9 Å².